The van der Waals surface area contributed by atoms with Gasteiger partial charge in [0.25, 0.3) is 0 Å². The van der Waals surface area contributed by atoms with Gasteiger partial charge >= 0.3 is 0 Å². The van der Waals surface area contributed by atoms with Crippen molar-refractivity contribution in [1.29, 1.82) is 0 Å². The van der Waals surface area contributed by atoms with E-state index in [-0.39, 0.29) is 0 Å². The molecule has 2 aromatic heterocycles. The highest BCUT2D eigenvalue weighted by Gasteiger charge is 2.26. The summed E-state index contributed by atoms with van der Waals surface area (Å²) in [6.07, 6.45) is 0. The highest BCUT2D eigenvalue weighted by atomic mass is 16.3. The lowest BCUT2D eigenvalue weighted by Gasteiger charge is -2.19. The van der Waals surface area contributed by atoms with Gasteiger partial charge in [0.2, 0.25) is 0 Å². The molecule has 0 unspecified atom stereocenters. The third-order valence-electron chi connectivity index (χ3n) is 9.17. The Bertz CT molecular complexity index is 2590. The Labute approximate surface area is 284 Å². The van der Waals surface area contributed by atoms with Crippen LogP contribution in [0, 0.1) is 0 Å². The number of para-hydroxylation sites is 1. The van der Waals surface area contributed by atoms with Gasteiger partial charge in [-0.05, 0) is 62.4 Å². The highest BCUT2D eigenvalue weighted by molar-refractivity contribution is 6.18. The zero-order valence-corrected chi connectivity index (χ0v) is 26.5. The molecule has 0 bridgehead atoms. The van der Waals surface area contributed by atoms with E-state index in [1.165, 1.54) is 0 Å². The summed E-state index contributed by atoms with van der Waals surface area (Å²) >= 11 is 0. The number of fused-ring (bicyclic) bond motifs is 3. The normalized spacial score (nSPS) is 11.3. The van der Waals surface area contributed by atoms with Gasteiger partial charge < -0.3 is 4.42 Å². The van der Waals surface area contributed by atoms with Gasteiger partial charge in [0.1, 0.15) is 22.6 Å². The van der Waals surface area contributed by atoms with Crippen molar-refractivity contribution in [3.8, 4) is 67.0 Å². The Morgan fingerprint density at radius 1 is 0.327 bits per heavy atom. The summed E-state index contributed by atoms with van der Waals surface area (Å²) in [4.78, 5) is 0. The molecule has 9 aromatic rings. The van der Waals surface area contributed by atoms with Crippen LogP contribution in [-0.2, 0) is 0 Å². The number of hydrogen-bond acceptors (Lipinski definition) is 4. The molecule has 4 heteroatoms. The van der Waals surface area contributed by atoms with Crippen LogP contribution in [0.3, 0.4) is 0 Å². The fraction of sp³-hybridized carbons (Fsp3) is 0. The molecular weight excluding hydrogens is 599 g/mol. The van der Waals surface area contributed by atoms with Gasteiger partial charge in [0.15, 0.2) is 0 Å². The van der Waals surface area contributed by atoms with Gasteiger partial charge in [-0.3, -0.25) is 0 Å². The summed E-state index contributed by atoms with van der Waals surface area (Å²) in [5, 5.41) is 16.3. The summed E-state index contributed by atoms with van der Waals surface area (Å²) in [6.45, 7) is 0. The average Bonchev–Trinajstić information content (AvgIpc) is 3.57. The van der Waals surface area contributed by atoms with Crippen LogP contribution in [-0.4, -0.2) is 15.4 Å². The molecule has 0 aliphatic rings. The van der Waals surface area contributed by atoms with E-state index in [2.05, 4.69) is 157 Å². The van der Waals surface area contributed by atoms with Gasteiger partial charge in [-0.2, -0.15) is 0 Å². The molecule has 0 N–H and O–H groups in total. The third-order valence-corrected chi connectivity index (χ3v) is 9.17. The van der Waals surface area contributed by atoms with Crippen molar-refractivity contribution in [2.24, 2.45) is 0 Å². The summed E-state index contributed by atoms with van der Waals surface area (Å²) in [7, 11) is 0. The Balaban J connectivity index is 1.43. The van der Waals surface area contributed by atoms with E-state index in [0.29, 0.717) is 0 Å². The van der Waals surface area contributed by atoms with Crippen molar-refractivity contribution < 1.29 is 4.42 Å². The second kappa shape index (κ2) is 12.2. The van der Waals surface area contributed by atoms with E-state index in [1.54, 1.807) is 0 Å². The monoisotopic (exact) mass is 627 g/mol. The van der Waals surface area contributed by atoms with E-state index in [0.717, 1.165) is 89.0 Å². The van der Waals surface area contributed by atoms with Crippen molar-refractivity contribution >= 4 is 21.9 Å². The lowest BCUT2D eigenvalue weighted by Crippen LogP contribution is -2.02. The molecular formula is C45H29N3O. The van der Waals surface area contributed by atoms with Gasteiger partial charge in [-0.25, -0.2) is 0 Å². The second-order valence-electron chi connectivity index (χ2n) is 12.0. The molecule has 49 heavy (non-hydrogen) atoms. The quantitative estimate of drug-likeness (QED) is 0.184. The van der Waals surface area contributed by atoms with Crippen LogP contribution >= 0.6 is 0 Å². The standard InChI is InChI=1S/C45H29N3O/c1-4-16-30(17-5-1)33-22-10-12-24-35(33)36-28-29-40-42(38-26-14-15-27-39(38)49-40)43(36)45-41(32-20-8-3-9-21-32)44(46-48-47-45)37-25-13-11-23-34(37)31-18-6-2-7-19-31/h1-29H. The molecule has 9 rings (SSSR count). The first kappa shape index (κ1) is 28.6. The van der Waals surface area contributed by atoms with Crippen molar-refractivity contribution in [2.45, 2.75) is 0 Å². The number of aromatic nitrogens is 3. The maximum absolute atomic E-state index is 6.49. The molecule has 0 spiro atoms. The van der Waals surface area contributed by atoms with Crippen LogP contribution in [0.1, 0.15) is 0 Å². The predicted molar refractivity (Wildman–Crippen MR) is 200 cm³/mol. The highest BCUT2D eigenvalue weighted by Crippen LogP contribution is 2.48. The van der Waals surface area contributed by atoms with Crippen LogP contribution in [0.5, 0.6) is 0 Å². The molecule has 0 saturated carbocycles. The molecule has 0 fully saturated rings. The van der Waals surface area contributed by atoms with E-state index in [4.69, 9.17) is 14.6 Å². The van der Waals surface area contributed by atoms with Crippen LogP contribution in [0.2, 0.25) is 0 Å². The van der Waals surface area contributed by atoms with E-state index in [9.17, 15) is 0 Å². The summed E-state index contributed by atoms with van der Waals surface area (Å²) < 4.78 is 6.49. The van der Waals surface area contributed by atoms with Gasteiger partial charge in [0.05, 0.1) is 0 Å². The first-order chi connectivity index (χ1) is 24.3. The average molecular weight is 628 g/mol. The van der Waals surface area contributed by atoms with Crippen LogP contribution < -0.4 is 0 Å². The van der Waals surface area contributed by atoms with E-state index < -0.39 is 0 Å². The zero-order valence-electron chi connectivity index (χ0n) is 26.5. The van der Waals surface area contributed by atoms with Gasteiger partial charge in [0, 0.05) is 27.5 Å². The Kier molecular flexibility index (Phi) is 7.10. The lowest BCUT2D eigenvalue weighted by molar-refractivity contribution is 0.669. The number of hydrogen-bond donors (Lipinski definition) is 0. The molecule has 0 amide bonds. The van der Waals surface area contributed by atoms with Crippen molar-refractivity contribution in [3.05, 3.63) is 176 Å². The summed E-state index contributed by atoms with van der Waals surface area (Å²) in [6, 6.07) is 60.8. The minimum Gasteiger partial charge on any atom is -0.456 e. The fourth-order valence-corrected chi connectivity index (χ4v) is 7.00. The van der Waals surface area contributed by atoms with Crippen molar-refractivity contribution in [1.82, 2.24) is 15.4 Å². The van der Waals surface area contributed by atoms with Gasteiger partial charge in [-0.15, -0.1) is 10.2 Å². The molecule has 0 radical (unpaired) electrons. The third kappa shape index (κ3) is 4.98. The van der Waals surface area contributed by atoms with Gasteiger partial charge in [-0.1, -0.05) is 158 Å². The Morgan fingerprint density at radius 3 is 1.51 bits per heavy atom. The second-order valence-corrected chi connectivity index (χ2v) is 12.0. The SMILES string of the molecule is c1ccc(-c2ccccc2-c2ccc3oc4ccccc4c3c2-c2nnnc(-c3ccccc3-c3ccccc3)c2-c2ccccc2)cc1. The molecule has 2 heterocycles. The maximum Gasteiger partial charge on any atom is 0.136 e. The van der Waals surface area contributed by atoms with E-state index >= 15 is 0 Å². The minimum absolute atomic E-state index is 0.745. The molecule has 230 valence electrons. The first-order valence-corrected chi connectivity index (χ1v) is 16.4. The molecule has 0 atom stereocenters. The van der Waals surface area contributed by atoms with Crippen LogP contribution in [0.25, 0.3) is 89.0 Å². The molecule has 4 nitrogen and oxygen atoms in total. The molecule has 0 saturated heterocycles. The minimum atomic E-state index is 0.745. The summed E-state index contributed by atoms with van der Waals surface area (Å²) in [5.74, 6) is 0. The smallest absolute Gasteiger partial charge is 0.136 e. The van der Waals surface area contributed by atoms with Crippen molar-refractivity contribution in [3.63, 3.8) is 0 Å². The molecule has 0 aliphatic heterocycles. The fourth-order valence-electron chi connectivity index (χ4n) is 7.00. The topological polar surface area (TPSA) is 51.8 Å². The van der Waals surface area contributed by atoms with Crippen LogP contribution in [0.15, 0.2) is 180 Å². The lowest BCUT2D eigenvalue weighted by atomic mass is 9.85. The number of furan rings is 1. The van der Waals surface area contributed by atoms with Crippen LogP contribution in [0.4, 0.5) is 0 Å². The maximum atomic E-state index is 6.49. The predicted octanol–water partition coefficient (Wildman–Crippen LogP) is 11.8. The number of benzene rings is 7. The van der Waals surface area contributed by atoms with Crippen molar-refractivity contribution in [2.75, 3.05) is 0 Å². The zero-order chi connectivity index (χ0) is 32.6. The molecule has 0 aliphatic carbocycles. The largest absolute Gasteiger partial charge is 0.456 e. The number of rotatable bonds is 6. The van der Waals surface area contributed by atoms with E-state index in [1.807, 2.05) is 24.3 Å². The molecule has 7 aromatic carbocycles. The Hall–Kier alpha value is -6.65. The Morgan fingerprint density at radius 2 is 0.837 bits per heavy atom. The number of nitrogens with zero attached hydrogens (tertiary/aromatic N) is 3. The summed E-state index contributed by atoms with van der Waals surface area (Å²) in [5.41, 5.74) is 13.6. The first-order valence-electron chi connectivity index (χ1n) is 16.4.